The monoisotopic (exact) mass is 431 g/mol. The molecule has 0 radical (unpaired) electrons. The Kier molecular flexibility index (Phi) is 5.29. The topological polar surface area (TPSA) is 97.4 Å². The van der Waals surface area contributed by atoms with Gasteiger partial charge in [0.25, 0.3) is 5.91 Å². The van der Waals surface area contributed by atoms with E-state index in [1.807, 2.05) is 0 Å². The standard InChI is InChI=1S/C17H15ClFNO5S2/c18-11-2-1-3-12(8-11)20-17(21)15-9-13(4-5-16(15)19)27(24,25)14-6-7-26(22,23)10-14/h1-5,8-9,14H,6-7,10H2,(H,20,21). The highest BCUT2D eigenvalue weighted by Crippen LogP contribution is 2.27. The molecule has 27 heavy (non-hydrogen) atoms. The van der Waals surface area contributed by atoms with Crippen molar-refractivity contribution in [1.82, 2.24) is 0 Å². The van der Waals surface area contributed by atoms with Crippen LogP contribution in [0, 0.1) is 5.82 Å². The average Bonchev–Trinajstić information content (AvgIpc) is 2.95. The minimum absolute atomic E-state index is 0.0217. The van der Waals surface area contributed by atoms with E-state index in [1.165, 1.54) is 6.07 Å². The average molecular weight is 432 g/mol. The highest BCUT2D eigenvalue weighted by atomic mass is 35.5. The number of carbonyl (C=O) groups excluding carboxylic acids is 1. The molecule has 2 aromatic rings. The number of carbonyl (C=O) groups is 1. The van der Waals surface area contributed by atoms with Crippen molar-refractivity contribution in [1.29, 1.82) is 0 Å². The third-order valence-electron chi connectivity index (χ3n) is 4.22. The minimum atomic E-state index is -4.01. The van der Waals surface area contributed by atoms with E-state index in [2.05, 4.69) is 5.32 Å². The summed E-state index contributed by atoms with van der Waals surface area (Å²) in [7, 11) is -7.42. The van der Waals surface area contributed by atoms with Crippen molar-refractivity contribution < 1.29 is 26.0 Å². The SMILES string of the molecule is O=C(Nc1cccc(Cl)c1)c1cc(S(=O)(=O)C2CCS(=O)(=O)C2)ccc1F. The summed E-state index contributed by atoms with van der Waals surface area (Å²) in [5.74, 6) is -2.42. The molecule has 1 fully saturated rings. The number of nitrogens with one attached hydrogen (secondary N) is 1. The van der Waals surface area contributed by atoms with Crippen molar-refractivity contribution in [3.63, 3.8) is 0 Å². The number of amides is 1. The van der Waals surface area contributed by atoms with Crippen molar-refractivity contribution >= 4 is 42.9 Å². The zero-order valence-corrected chi connectivity index (χ0v) is 16.2. The summed E-state index contributed by atoms with van der Waals surface area (Å²) in [6.45, 7) is 0. The fourth-order valence-corrected chi connectivity index (χ4v) is 7.39. The molecule has 1 unspecified atom stereocenters. The number of sulfone groups is 2. The van der Waals surface area contributed by atoms with Crippen LogP contribution < -0.4 is 5.32 Å². The van der Waals surface area contributed by atoms with Crippen LogP contribution in [0.4, 0.5) is 10.1 Å². The number of hydrogen-bond acceptors (Lipinski definition) is 5. The second-order valence-electron chi connectivity index (χ2n) is 6.18. The molecule has 0 saturated carbocycles. The van der Waals surface area contributed by atoms with Gasteiger partial charge in [0.05, 0.1) is 27.2 Å². The van der Waals surface area contributed by atoms with Crippen LogP contribution in [0.25, 0.3) is 0 Å². The smallest absolute Gasteiger partial charge is 0.258 e. The maximum atomic E-state index is 14.1. The first-order chi connectivity index (χ1) is 12.6. The van der Waals surface area contributed by atoms with Gasteiger partial charge in [-0.25, -0.2) is 21.2 Å². The molecule has 1 saturated heterocycles. The minimum Gasteiger partial charge on any atom is -0.322 e. The van der Waals surface area contributed by atoms with Gasteiger partial charge in [-0.1, -0.05) is 17.7 Å². The maximum absolute atomic E-state index is 14.1. The zero-order valence-electron chi connectivity index (χ0n) is 13.9. The van der Waals surface area contributed by atoms with Gasteiger partial charge in [-0.2, -0.15) is 0 Å². The molecule has 0 aromatic heterocycles. The summed E-state index contributed by atoms with van der Waals surface area (Å²) in [6, 6.07) is 9.04. The van der Waals surface area contributed by atoms with E-state index in [0.717, 1.165) is 18.2 Å². The van der Waals surface area contributed by atoms with Gasteiger partial charge in [0.2, 0.25) is 0 Å². The van der Waals surface area contributed by atoms with Gasteiger partial charge in [0.1, 0.15) is 5.82 Å². The first kappa shape index (κ1) is 19.8. The molecule has 1 aliphatic heterocycles. The molecule has 10 heteroatoms. The Morgan fingerprint density at radius 2 is 1.93 bits per heavy atom. The van der Waals surface area contributed by atoms with Gasteiger partial charge in [0, 0.05) is 10.7 Å². The summed E-state index contributed by atoms with van der Waals surface area (Å²) in [5, 5.41) is 1.71. The van der Waals surface area contributed by atoms with Gasteiger partial charge >= 0.3 is 0 Å². The van der Waals surface area contributed by atoms with Crippen LogP contribution in [-0.4, -0.2) is 39.5 Å². The van der Waals surface area contributed by atoms with Gasteiger partial charge in [-0.15, -0.1) is 0 Å². The Balaban J connectivity index is 1.91. The molecule has 1 amide bonds. The van der Waals surface area contributed by atoms with Crippen LogP contribution in [0.15, 0.2) is 47.4 Å². The van der Waals surface area contributed by atoms with Crippen LogP contribution in [-0.2, 0) is 19.7 Å². The van der Waals surface area contributed by atoms with Gasteiger partial charge < -0.3 is 5.32 Å². The van der Waals surface area contributed by atoms with Crippen LogP contribution in [0.3, 0.4) is 0 Å². The Morgan fingerprint density at radius 1 is 1.19 bits per heavy atom. The molecule has 1 N–H and O–H groups in total. The fraction of sp³-hybridized carbons (Fsp3) is 0.235. The van der Waals surface area contributed by atoms with Crippen LogP contribution in [0.5, 0.6) is 0 Å². The molecule has 3 rings (SSSR count). The lowest BCUT2D eigenvalue weighted by molar-refractivity contribution is 0.102. The second kappa shape index (κ2) is 7.21. The Bertz CT molecular complexity index is 1120. The van der Waals surface area contributed by atoms with E-state index in [0.29, 0.717) is 10.7 Å². The molecule has 2 aromatic carbocycles. The molecule has 0 aliphatic carbocycles. The van der Waals surface area contributed by atoms with Crippen LogP contribution >= 0.6 is 11.6 Å². The Morgan fingerprint density at radius 3 is 2.56 bits per heavy atom. The fourth-order valence-electron chi connectivity index (χ4n) is 2.82. The summed E-state index contributed by atoms with van der Waals surface area (Å²) < 4.78 is 62.6. The number of rotatable bonds is 4. The van der Waals surface area contributed by atoms with Crippen molar-refractivity contribution in [3.05, 3.63) is 58.9 Å². The molecule has 144 valence electrons. The second-order valence-corrected chi connectivity index (χ2v) is 11.1. The molecule has 1 atom stereocenters. The summed E-state index contributed by atoms with van der Waals surface area (Å²) >= 11 is 5.83. The first-order valence-electron chi connectivity index (χ1n) is 7.89. The number of hydrogen-bond donors (Lipinski definition) is 1. The van der Waals surface area contributed by atoms with Crippen LogP contribution in [0.1, 0.15) is 16.8 Å². The van der Waals surface area contributed by atoms with E-state index >= 15 is 0 Å². The van der Waals surface area contributed by atoms with E-state index in [4.69, 9.17) is 11.6 Å². The predicted octanol–water partition coefficient (Wildman–Crippen LogP) is 2.69. The van der Waals surface area contributed by atoms with E-state index in [1.54, 1.807) is 18.2 Å². The largest absolute Gasteiger partial charge is 0.322 e. The Labute approximate surface area is 161 Å². The summed E-state index contributed by atoms with van der Waals surface area (Å²) in [4.78, 5) is 12.1. The van der Waals surface area contributed by atoms with Crippen molar-refractivity contribution in [2.75, 3.05) is 16.8 Å². The number of anilines is 1. The molecule has 1 aliphatic rings. The summed E-state index contributed by atoms with van der Waals surface area (Å²) in [6.07, 6.45) is -0.0217. The molecular weight excluding hydrogens is 417 g/mol. The third-order valence-corrected chi connectivity index (χ3v) is 8.63. The zero-order chi connectivity index (χ0) is 19.8. The number of benzene rings is 2. The predicted molar refractivity (Wildman–Crippen MR) is 100 cm³/mol. The van der Waals surface area contributed by atoms with Crippen molar-refractivity contribution in [3.8, 4) is 0 Å². The first-order valence-corrected chi connectivity index (χ1v) is 11.6. The molecular formula is C17H15ClFNO5S2. The molecule has 0 bridgehead atoms. The lowest BCUT2D eigenvalue weighted by atomic mass is 10.2. The highest BCUT2D eigenvalue weighted by Gasteiger charge is 2.38. The molecule has 6 nitrogen and oxygen atoms in total. The van der Waals surface area contributed by atoms with Crippen molar-refractivity contribution in [2.24, 2.45) is 0 Å². The molecule has 1 heterocycles. The van der Waals surface area contributed by atoms with E-state index < -0.39 is 48.0 Å². The number of halogens is 2. The lowest BCUT2D eigenvalue weighted by Crippen LogP contribution is -2.23. The normalized spacial score (nSPS) is 19.0. The van der Waals surface area contributed by atoms with Gasteiger partial charge in [0.15, 0.2) is 19.7 Å². The third kappa shape index (κ3) is 4.31. The maximum Gasteiger partial charge on any atom is 0.258 e. The lowest BCUT2D eigenvalue weighted by Gasteiger charge is -2.12. The Hall–Kier alpha value is -1.97. The van der Waals surface area contributed by atoms with E-state index in [-0.39, 0.29) is 17.1 Å². The van der Waals surface area contributed by atoms with Crippen molar-refractivity contribution in [2.45, 2.75) is 16.6 Å². The quantitative estimate of drug-likeness (QED) is 0.750. The van der Waals surface area contributed by atoms with Crippen LogP contribution in [0.2, 0.25) is 5.02 Å². The molecule has 0 spiro atoms. The highest BCUT2D eigenvalue weighted by molar-refractivity contribution is 7.96. The van der Waals surface area contributed by atoms with E-state index in [9.17, 15) is 26.0 Å². The van der Waals surface area contributed by atoms with Gasteiger partial charge in [-0.3, -0.25) is 4.79 Å². The van der Waals surface area contributed by atoms with Gasteiger partial charge in [-0.05, 0) is 42.8 Å². The summed E-state index contributed by atoms with van der Waals surface area (Å²) in [5.41, 5.74) is -0.140.